The molecule has 2 N–H and O–H groups in total. The number of rotatable bonds is 5. The minimum atomic E-state index is -0.206. The molecule has 4 aromatic rings. The van der Waals surface area contributed by atoms with Crippen molar-refractivity contribution in [2.75, 3.05) is 0 Å². The van der Waals surface area contributed by atoms with E-state index in [4.69, 9.17) is 4.52 Å². The van der Waals surface area contributed by atoms with Gasteiger partial charge in [-0.3, -0.25) is 9.36 Å². The second kappa shape index (κ2) is 7.62. The van der Waals surface area contributed by atoms with Crippen molar-refractivity contribution in [1.82, 2.24) is 25.0 Å². The van der Waals surface area contributed by atoms with E-state index < -0.39 is 0 Å². The zero-order valence-corrected chi connectivity index (χ0v) is 16.3. The maximum absolute atomic E-state index is 12.5. The summed E-state index contributed by atoms with van der Waals surface area (Å²) in [7, 11) is 0. The Labute approximate surface area is 171 Å². The van der Waals surface area contributed by atoms with Crippen LogP contribution in [0.2, 0.25) is 0 Å². The minimum Gasteiger partial charge on any atom is -0.343 e. The number of fused-ring (bicyclic) bond motifs is 1. The first-order valence-corrected chi connectivity index (χ1v) is 10.1. The summed E-state index contributed by atoms with van der Waals surface area (Å²) in [5, 5.41) is 6.78. The molecule has 5 rings (SSSR count). The number of benzene rings is 2. The molecule has 1 aliphatic rings. The monoisotopic (exact) mass is 403 g/mol. The van der Waals surface area contributed by atoms with Crippen LogP contribution in [0.4, 0.5) is 0 Å². The molecule has 0 saturated heterocycles. The Hall–Kier alpha value is -3.68. The van der Waals surface area contributed by atoms with Gasteiger partial charge >= 0.3 is 5.69 Å². The number of H-pyrrole nitrogens is 1. The predicted molar refractivity (Wildman–Crippen MR) is 111 cm³/mol. The van der Waals surface area contributed by atoms with Gasteiger partial charge in [0.05, 0.1) is 17.6 Å². The highest BCUT2D eigenvalue weighted by Gasteiger charge is 2.21. The Balaban J connectivity index is 1.34. The molecule has 0 spiro atoms. The number of hydrogen-bond donors (Lipinski definition) is 2. The Bertz CT molecular complexity index is 1250. The fourth-order valence-electron chi connectivity index (χ4n) is 4.09. The number of nitrogens with zero attached hydrogens (tertiary/aromatic N) is 3. The summed E-state index contributed by atoms with van der Waals surface area (Å²) in [4.78, 5) is 31.9. The molecule has 8 heteroatoms. The van der Waals surface area contributed by atoms with E-state index in [-0.39, 0.29) is 24.2 Å². The summed E-state index contributed by atoms with van der Waals surface area (Å²) in [6.45, 7) is 0.137. The third kappa shape index (κ3) is 3.41. The fourth-order valence-corrected chi connectivity index (χ4v) is 4.09. The predicted octanol–water partition coefficient (Wildman–Crippen LogP) is 3.42. The molecule has 8 nitrogen and oxygen atoms in total. The first kappa shape index (κ1) is 18.4. The van der Waals surface area contributed by atoms with Gasteiger partial charge < -0.3 is 14.8 Å². The summed E-state index contributed by atoms with van der Waals surface area (Å²) >= 11 is 0. The van der Waals surface area contributed by atoms with Gasteiger partial charge in [0, 0.05) is 17.2 Å². The molecule has 1 aliphatic carbocycles. The number of carbonyl (C=O) groups excluding carboxylic acids is 1. The average Bonchev–Trinajstić information content (AvgIpc) is 3.51. The smallest absolute Gasteiger partial charge is 0.326 e. The summed E-state index contributed by atoms with van der Waals surface area (Å²) in [6.07, 6.45) is 4.40. The van der Waals surface area contributed by atoms with E-state index in [1.54, 1.807) is 24.3 Å². The topological polar surface area (TPSA) is 106 Å². The Morgan fingerprint density at radius 3 is 2.77 bits per heavy atom. The van der Waals surface area contributed by atoms with Gasteiger partial charge in [-0.15, -0.1) is 0 Å². The number of carbonyl (C=O) groups is 1. The van der Waals surface area contributed by atoms with Crippen LogP contribution in [0, 0.1) is 0 Å². The van der Waals surface area contributed by atoms with Gasteiger partial charge in [-0.1, -0.05) is 36.2 Å². The number of nitrogens with one attached hydrogen (secondary N) is 2. The van der Waals surface area contributed by atoms with Crippen LogP contribution in [0.1, 0.15) is 48.0 Å². The van der Waals surface area contributed by atoms with Crippen LogP contribution in [-0.2, 0) is 6.54 Å². The molecule has 2 aromatic carbocycles. The van der Waals surface area contributed by atoms with Crippen molar-refractivity contribution in [3.8, 4) is 11.4 Å². The van der Waals surface area contributed by atoms with Crippen LogP contribution >= 0.6 is 0 Å². The molecule has 2 heterocycles. The van der Waals surface area contributed by atoms with Gasteiger partial charge in [-0.25, -0.2) is 4.79 Å². The number of hydrogen-bond acceptors (Lipinski definition) is 5. The Morgan fingerprint density at radius 1 is 1.17 bits per heavy atom. The van der Waals surface area contributed by atoms with Crippen LogP contribution in [0.5, 0.6) is 0 Å². The lowest BCUT2D eigenvalue weighted by atomic mass is 10.1. The maximum Gasteiger partial charge on any atom is 0.326 e. The molecule has 0 radical (unpaired) electrons. The summed E-state index contributed by atoms with van der Waals surface area (Å²) in [5.41, 5.74) is 2.89. The molecule has 1 saturated carbocycles. The van der Waals surface area contributed by atoms with Crippen molar-refractivity contribution < 1.29 is 9.32 Å². The molecule has 1 amide bonds. The van der Waals surface area contributed by atoms with E-state index >= 15 is 0 Å². The molecule has 2 aromatic heterocycles. The number of imidazole rings is 1. The second-order valence-corrected chi connectivity index (χ2v) is 7.53. The first-order valence-electron chi connectivity index (χ1n) is 10.1. The third-order valence-corrected chi connectivity index (χ3v) is 5.57. The molecule has 30 heavy (non-hydrogen) atoms. The number of aromatic amines is 1. The van der Waals surface area contributed by atoms with Crippen LogP contribution in [0.3, 0.4) is 0 Å². The quantitative estimate of drug-likeness (QED) is 0.531. The summed E-state index contributed by atoms with van der Waals surface area (Å²) < 4.78 is 7.14. The lowest BCUT2D eigenvalue weighted by Crippen LogP contribution is -2.22. The van der Waals surface area contributed by atoms with E-state index in [0.29, 0.717) is 17.3 Å². The van der Waals surface area contributed by atoms with Gasteiger partial charge in [-0.05, 0) is 43.2 Å². The molecular weight excluding hydrogens is 382 g/mol. The molecule has 0 bridgehead atoms. The molecular formula is C22H21N5O3. The van der Waals surface area contributed by atoms with Gasteiger partial charge in [0.15, 0.2) is 0 Å². The summed E-state index contributed by atoms with van der Waals surface area (Å²) in [6, 6.07) is 14.9. The normalized spacial score (nSPS) is 14.4. The lowest BCUT2D eigenvalue weighted by molar-refractivity contribution is 0.0946. The van der Waals surface area contributed by atoms with Crippen molar-refractivity contribution in [2.45, 2.75) is 38.3 Å². The van der Waals surface area contributed by atoms with E-state index in [1.807, 2.05) is 28.8 Å². The van der Waals surface area contributed by atoms with E-state index in [0.717, 1.165) is 42.3 Å². The zero-order chi connectivity index (χ0) is 20.5. The van der Waals surface area contributed by atoms with Crippen molar-refractivity contribution in [1.29, 1.82) is 0 Å². The maximum atomic E-state index is 12.5. The van der Waals surface area contributed by atoms with Crippen molar-refractivity contribution >= 4 is 16.9 Å². The fraction of sp³-hybridized carbons (Fsp3) is 0.273. The lowest BCUT2D eigenvalue weighted by Gasteiger charge is -2.11. The molecule has 0 atom stereocenters. The minimum absolute atomic E-state index is 0.0773. The standard InChI is InChI=1S/C22H21N5O3/c28-21(14-6-2-1-3-7-14)23-13-19-25-20(26-30-19)15-10-11-18-17(12-15)24-22(29)27(18)16-8-4-5-9-16/h1-3,6-7,10-12,16H,4-5,8-9,13H2,(H,23,28)(H,24,29). The Morgan fingerprint density at radius 2 is 1.97 bits per heavy atom. The van der Waals surface area contributed by atoms with E-state index in [1.165, 1.54) is 0 Å². The van der Waals surface area contributed by atoms with Gasteiger partial charge in [0.2, 0.25) is 11.7 Å². The molecule has 152 valence electrons. The molecule has 1 fully saturated rings. The van der Waals surface area contributed by atoms with Gasteiger partial charge in [0.1, 0.15) is 0 Å². The highest BCUT2D eigenvalue weighted by atomic mass is 16.5. The van der Waals surface area contributed by atoms with Crippen molar-refractivity contribution in [3.63, 3.8) is 0 Å². The van der Waals surface area contributed by atoms with E-state index in [2.05, 4.69) is 20.4 Å². The zero-order valence-electron chi connectivity index (χ0n) is 16.3. The SMILES string of the molecule is O=C(NCc1nc(-c2ccc3c(c2)[nH]c(=O)n3C2CCCC2)no1)c1ccccc1. The van der Waals surface area contributed by atoms with Crippen molar-refractivity contribution in [2.24, 2.45) is 0 Å². The second-order valence-electron chi connectivity index (χ2n) is 7.53. The highest BCUT2D eigenvalue weighted by molar-refractivity contribution is 5.94. The Kier molecular flexibility index (Phi) is 4.66. The van der Waals surface area contributed by atoms with Crippen LogP contribution in [0.25, 0.3) is 22.4 Å². The van der Waals surface area contributed by atoms with E-state index in [9.17, 15) is 9.59 Å². The number of amides is 1. The number of aromatic nitrogens is 4. The van der Waals surface area contributed by atoms with Crippen LogP contribution in [0.15, 0.2) is 57.8 Å². The van der Waals surface area contributed by atoms with Crippen molar-refractivity contribution in [3.05, 3.63) is 70.5 Å². The molecule has 0 aliphatic heterocycles. The third-order valence-electron chi connectivity index (χ3n) is 5.57. The molecule has 0 unspecified atom stereocenters. The van der Waals surface area contributed by atoms with Crippen LogP contribution < -0.4 is 11.0 Å². The summed E-state index contributed by atoms with van der Waals surface area (Å²) in [5.74, 6) is 0.518. The first-order chi connectivity index (χ1) is 14.7. The largest absolute Gasteiger partial charge is 0.343 e. The highest BCUT2D eigenvalue weighted by Crippen LogP contribution is 2.31. The van der Waals surface area contributed by atoms with Gasteiger partial charge in [0.25, 0.3) is 5.91 Å². The van der Waals surface area contributed by atoms with Crippen LogP contribution in [-0.4, -0.2) is 25.6 Å². The average molecular weight is 403 g/mol. The van der Waals surface area contributed by atoms with Gasteiger partial charge in [-0.2, -0.15) is 4.98 Å².